The summed E-state index contributed by atoms with van der Waals surface area (Å²) in [6.07, 6.45) is -2.07. The van der Waals surface area contributed by atoms with E-state index in [0.29, 0.717) is 32.5 Å². The van der Waals surface area contributed by atoms with Gasteiger partial charge in [-0.3, -0.25) is 9.00 Å². The number of halogens is 3. The third-order valence-electron chi connectivity index (χ3n) is 3.52. The number of thiazole rings is 1. The molecule has 0 aliphatic rings. The molecule has 148 valence electrons. The van der Waals surface area contributed by atoms with Gasteiger partial charge in [-0.05, 0) is 19.9 Å². The Morgan fingerprint density at radius 2 is 2.15 bits per heavy atom. The van der Waals surface area contributed by atoms with Crippen LogP contribution in [-0.4, -0.2) is 39.3 Å². The SMILES string of the molecule is CCN(C(=O)CCS(=O)CC(F)(F)F)c1sc(-c2ccc[n+]([O-])c2)nc1C. The lowest BCUT2D eigenvalue weighted by molar-refractivity contribution is -0.604. The van der Waals surface area contributed by atoms with Gasteiger partial charge < -0.3 is 10.1 Å². The molecule has 11 heteroatoms. The third-order valence-corrected chi connectivity index (χ3v) is 6.06. The minimum absolute atomic E-state index is 0.255. The summed E-state index contributed by atoms with van der Waals surface area (Å²) in [6.45, 7) is 3.74. The van der Waals surface area contributed by atoms with Crippen molar-refractivity contribution in [1.82, 2.24) is 4.98 Å². The zero-order valence-electron chi connectivity index (χ0n) is 14.7. The van der Waals surface area contributed by atoms with Crippen molar-refractivity contribution in [2.75, 3.05) is 23.0 Å². The number of carbonyl (C=O) groups is 1. The van der Waals surface area contributed by atoms with Crippen molar-refractivity contribution >= 4 is 33.0 Å². The molecule has 0 radical (unpaired) electrons. The number of alkyl halides is 3. The molecule has 0 bridgehead atoms. The van der Waals surface area contributed by atoms with E-state index in [1.807, 2.05) is 0 Å². The highest BCUT2D eigenvalue weighted by Gasteiger charge is 2.31. The van der Waals surface area contributed by atoms with Gasteiger partial charge in [-0.15, -0.1) is 0 Å². The zero-order chi connectivity index (χ0) is 20.2. The lowest BCUT2D eigenvalue weighted by Gasteiger charge is -2.19. The lowest BCUT2D eigenvalue weighted by Crippen LogP contribution is -2.32. The fourth-order valence-corrected chi connectivity index (χ4v) is 4.42. The second-order valence-electron chi connectivity index (χ2n) is 5.65. The Balaban J connectivity index is 2.13. The lowest BCUT2D eigenvalue weighted by atomic mass is 10.3. The molecule has 6 nitrogen and oxygen atoms in total. The predicted octanol–water partition coefficient (Wildman–Crippen LogP) is 2.81. The number of aromatic nitrogens is 2. The molecular weight excluding hydrogens is 403 g/mol. The molecule has 0 N–H and O–H groups in total. The van der Waals surface area contributed by atoms with E-state index in [-0.39, 0.29) is 12.2 Å². The van der Waals surface area contributed by atoms with Gasteiger partial charge in [0.15, 0.2) is 12.4 Å². The Kier molecular flexibility index (Phi) is 6.93. The topological polar surface area (TPSA) is 77.2 Å². The molecule has 2 aromatic heterocycles. The first-order valence-corrected chi connectivity index (χ1v) is 10.3. The number of nitrogens with zero attached hydrogens (tertiary/aromatic N) is 3. The Morgan fingerprint density at radius 1 is 1.44 bits per heavy atom. The highest BCUT2D eigenvalue weighted by Crippen LogP contribution is 2.34. The number of carbonyl (C=O) groups excluding carboxylic acids is 1. The van der Waals surface area contributed by atoms with Crippen molar-refractivity contribution in [3.8, 4) is 10.6 Å². The molecule has 0 aromatic carbocycles. The van der Waals surface area contributed by atoms with Crippen LogP contribution < -0.4 is 9.63 Å². The predicted molar refractivity (Wildman–Crippen MR) is 97.8 cm³/mol. The van der Waals surface area contributed by atoms with E-state index in [1.165, 1.54) is 28.6 Å². The maximum absolute atomic E-state index is 12.4. The van der Waals surface area contributed by atoms with Gasteiger partial charge >= 0.3 is 6.18 Å². The molecule has 0 spiro atoms. The van der Waals surface area contributed by atoms with Gasteiger partial charge in [0.25, 0.3) is 0 Å². The molecule has 0 saturated carbocycles. The van der Waals surface area contributed by atoms with E-state index in [4.69, 9.17) is 0 Å². The standard InChI is InChI=1S/C16H18F3N3O3S2/c1-3-22(13(23)6-8-27(25)10-16(17,18)19)15-11(2)20-14(26-15)12-5-4-7-21(24)9-12/h4-5,7,9H,3,6,8,10H2,1-2H3. The number of rotatable bonds is 7. The van der Waals surface area contributed by atoms with Crippen LogP contribution in [0.3, 0.4) is 0 Å². The fraction of sp³-hybridized carbons (Fsp3) is 0.438. The van der Waals surface area contributed by atoms with E-state index in [1.54, 1.807) is 26.0 Å². The molecule has 0 saturated heterocycles. The summed E-state index contributed by atoms with van der Waals surface area (Å²) in [6, 6.07) is 3.30. The molecule has 0 aliphatic heterocycles. The maximum Gasteiger partial charge on any atom is 0.400 e. The summed E-state index contributed by atoms with van der Waals surface area (Å²) in [5.74, 6) is -2.19. The van der Waals surface area contributed by atoms with Gasteiger partial charge in [0.1, 0.15) is 15.8 Å². The Hall–Kier alpha value is -2.01. The van der Waals surface area contributed by atoms with Gasteiger partial charge in [-0.25, -0.2) is 4.98 Å². The molecule has 27 heavy (non-hydrogen) atoms. The molecule has 0 fully saturated rings. The first kappa shape index (κ1) is 21.3. The first-order chi connectivity index (χ1) is 12.6. The molecule has 2 rings (SSSR count). The normalized spacial score (nSPS) is 12.8. The number of amides is 1. The van der Waals surface area contributed by atoms with E-state index >= 15 is 0 Å². The summed E-state index contributed by atoms with van der Waals surface area (Å²) in [7, 11) is -2.14. The molecular formula is C16H18F3N3O3S2. The number of hydrogen-bond acceptors (Lipinski definition) is 5. The van der Waals surface area contributed by atoms with Crippen molar-refractivity contribution in [1.29, 1.82) is 0 Å². The molecule has 1 amide bonds. The third kappa shape index (κ3) is 5.99. The van der Waals surface area contributed by atoms with Crippen molar-refractivity contribution < 1.29 is 26.9 Å². The summed E-state index contributed by atoms with van der Waals surface area (Å²) < 4.78 is 48.9. The number of hydrogen-bond donors (Lipinski definition) is 0. The average molecular weight is 421 g/mol. The quantitative estimate of drug-likeness (QED) is 0.509. The van der Waals surface area contributed by atoms with Gasteiger partial charge in [-0.1, -0.05) is 11.3 Å². The molecule has 2 heterocycles. The molecule has 2 aromatic rings. The van der Waals surface area contributed by atoms with Crippen LogP contribution in [0.5, 0.6) is 0 Å². The van der Waals surface area contributed by atoms with Crippen LogP contribution in [-0.2, 0) is 15.6 Å². The summed E-state index contributed by atoms with van der Waals surface area (Å²) >= 11 is 1.21. The summed E-state index contributed by atoms with van der Waals surface area (Å²) in [5, 5.41) is 12.5. The molecule has 1 unspecified atom stereocenters. The van der Waals surface area contributed by atoms with E-state index in [9.17, 15) is 27.4 Å². The van der Waals surface area contributed by atoms with Gasteiger partial charge in [0.2, 0.25) is 5.91 Å². The smallest absolute Gasteiger partial charge is 0.400 e. The average Bonchev–Trinajstić information content (AvgIpc) is 2.94. The van der Waals surface area contributed by atoms with Crippen LogP contribution in [0.25, 0.3) is 10.6 Å². The van der Waals surface area contributed by atoms with E-state index in [0.717, 1.165) is 0 Å². The van der Waals surface area contributed by atoms with E-state index in [2.05, 4.69) is 4.98 Å². The minimum Gasteiger partial charge on any atom is -0.619 e. The number of anilines is 1. The van der Waals surface area contributed by atoms with Gasteiger partial charge in [0, 0.05) is 35.6 Å². The van der Waals surface area contributed by atoms with Crippen LogP contribution in [0.2, 0.25) is 0 Å². The number of aryl methyl sites for hydroxylation is 1. The van der Waals surface area contributed by atoms with Crippen molar-refractivity contribution in [3.63, 3.8) is 0 Å². The van der Waals surface area contributed by atoms with Gasteiger partial charge in [-0.2, -0.15) is 17.9 Å². The monoisotopic (exact) mass is 421 g/mol. The Bertz CT molecular complexity index is 840. The van der Waals surface area contributed by atoms with Crippen LogP contribution in [0, 0.1) is 12.1 Å². The minimum atomic E-state index is -4.52. The van der Waals surface area contributed by atoms with Crippen LogP contribution in [0.4, 0.5) is 18.2 Å². The highest BCUT2D eigenvalue weighted by atomic mass is 32.2. The van der Waals surface area contributed by atoms with Gasteiger partial charge in [0.05, 0.1) is 11.3 Å². The Morgan fingerprint density at radius 3 is 2.74 bits per heavy atom. The number of pyridine rings is 1. The van der Waals surface area contributed by atoms with Crippen LogP contribution >= 0.6 is 11.3 Å². The summed E-state index contributed by atoms with van der Waals surface area (Å²) in [4.78, 5) is 18.2. The fourth-order valence-electron chi connectivity index (χ4n) is 2.37. The van der Waals surface area contributed by atoms with Crippen molar-refractivity contribution in [3.05, 3.63) is 35.4 Å². The van der Waals surface area contributed by atoms with E-state index < -0.39 is 28.6 Å². The van der Waals surface area contributed by atoms with Crippen LogP contribution in [0.1, 0.15) is 19.0 Å². The molecule has 0 aliphatic carbocycles. The highest BCUT2D eigenvalue weighted by molar-refractivity contribution is 7.85. The zero-order valence-corrected chi connectivity index (χ0v) is 16.3. The second kappa shape index (κ2) is 8.79. The van der Waals surface area contributed by atoms with Crippen molar-refractivity contribution in [2.24, 2.45) is 0 Å². The Labute approximate surface area is 160 Å². The first-order valence-electron chi connectivity index (χ1n) is 7.99. The largest absolute Gasteiger partial charge is 0.619 e. The molecule has 1 atom stereocenters. The van der Waals surface area contributed by atoms with Crippen LogP contribution in [0.15, 0.2) is 24.5 Å². The second-order valence-corrected chi connectivity index (χ2v) is 8.21. The van der Waals surface area contributed by atoms with Crippen molar-refractivity contribution in [2.45, 2.75) is 26.4 Å². The summed E-state index contributed by atoms with van der Waals surface area (Å²) in [5.41, 5.74) is 1.17. The maximum atomic E-state index is 12.4.